The number of carboxylic acid groups (broad SMARTS) is 1. The second kappa shape index (κ2) is 6.56. The van der Waals surface area contributed by atoms with Crippen LogP contribution in [0, 0.1) is 5.82 Å². The Labute approximate surface area is 123 Å². The first kappa shape index (κ1) is 15.3. The molecular weight excluding hydrogens is 275 g/mol. The van der Waals surface area contributed by atoms with Gasteiger partial charge in [0.2, 0.25) is 0 Å². The van der Waals surface area contributed by atoms with Crippen molar-refractivity contribution in [1.29, 1.82) is 0 Å². The molecule has 0 saturated heterocycles. The van der Waals surface area contributed by atoms with Crippen molar-refractivity contribution in [3.05, 3.63) is 35.6 Å². The maximum absolute atomic E-state index is 13.1. The lowest BCUT2D eigenvalue weighted by atomic mass is 10.2. The molecule has 6 heteroatoms. The van der Waals surface area contributed by atoms with Crippen LogP contribution in [0.25, 0.3) is 0 Å². The fourth-order valence-corrected chi connectivity index (χ4v) is 2.23. The van der Waals surface area contributed by atoms with Crippen LogP contribution in [0.5, 0.6) is 0 Å². The second-order valence-corrected chi connectivity index (χ2v) is 5.34. The molecule has 114 valence electrons. The van der Waals surface area contributed by atoms with Crippen molar-refractivity contribution >= 4 is 12.0 Å². The van der Waals surface area contributed by atoms with E-state index in [1.54, 1.807) is 24.1 Å². The maximum atomic E-state index is 13.1. The van der Waals surface area contributed by atoms with Crippen molar-refractivity contribution in [1.82, 2.24) is 9.80 Å². The van der Waals surface area contributed by atoms with Crippen LogP contribution in [-0.4, -0.2) is 46.5 Å². The molecule has 0 spiro atoms. The highest BCUT2D eigenvalue weighted by atomic mass is 19.1. The quantitative estimate of drug-likeness (QED) is 0.876. The minimum Gasteiger partial charge on any atom is -0.481 e. The molecule has 0 aliphatic heterocycles. The molecule has 21 heavy (non-hydrogen) atoms. The monoisotopic (exact) mass is 294 g/mol. The Balaban J connectivity index is 1.97. The predicted octanol–water partition coefficient (Wildman–Crippen LogP) is 2.32. The lowest BCUT2D eigenvalue weighted by molar-refractivity contribution is -0.137. The number of rotatable bonds is 6. The van der Waals surface area contributed by atoms with Crippen molar-refractivity contribution in [3.63, 3.8) is 0 Å². The molecule has 0 bridgehead atoms. The predicted molar refractivity (Wildman–Crippen MR) is 75.2 cm³/mol. The van der Waals surface area contributed by atoms with Crippen molar-refractivity contribution < 1.29 is 19.1 Å². The Morgan fingerprint density at radius 2 is 2.10 bits per heavy atom. The number of carbonyl (C=O) groups is 2. The molecule has 1 aliphatic carbocycles. The second-order valence-electron chi connectivity index (χ2n) is 5.34. The third-order valence-electron chi connectivity index (χ3n) is 3.44. The zero-order valence-electron chi connectivity index (χ0n) is 12.0. The smallest absolute Gasteiger partial charge is 0.320 e. The van der Waals surface area contributed by atoms with Crippen LogP contribution in [0.15, 0.2) is 24.3 Å². The van der Waals surface area contributed by atoms with E-state index >= 15 is 0 Å². The number of hydrogen-bond donors (Lipinski definition) is 1. The third kappa shape index (κ3) is 4.44. The first-order valence-electron chi connectivity index (χ1n) is 6.95. The molecule has 2 rings (SSSR count). The van der Waals surface area contributed by atoms with E-state index in [2.05, 4.69) is 0 Å². The molecule has 1 aromatic rings. The average molecular weight is 294 g/mol. The summed E-state index contributed by atoms with van der Waals surface area (Å²) in [7, 11) is 1.64. The van der Waals surface area contributed by atoms with E-state index in [1.165, 1.54) is 17.0 Å². The molecule has 1 saturated carbocycles. The number of carboxylic acids is 1. The van der Waals surface area contributed by atoms with Crippen molar-refractivity contribution in [2.45, 2.75) is 31.8 Å². The van der Waals surface area contributed by atoms with Crippen LogP contribution < -0.4 is 0 Å². The summed E-state index contributed by atoms with van der Waals surface area (Å²) < 4.78 is 13.1. The maximum Gasteiger partial charge on any atom is 0.320 e. The van der Waals surface area contributed by atoms with Crippen molar-refractivity contribution in [3.8, 4) is 0 Å². The van der Waals surface area contributed by atoms with Gasteiger partial charge in [-0.1, -0.05) is 12.1 Å². The van der Waals surface area contributed by atoms with Crippen LogP contribution >= 0.6 is 0 Å². The van der Waals surface area contributed by atoms with Crippen LogP contribution in [0.3, 0.4) is 0 Å². The van der Waals surface area contributed by atoms with Crippen LogP contribution in [-0.2, 0) is 11.3 Å². The Morgan fingerprint density at radius 1 is 1.38 bits per heavy atom. The molecule has 1 aliphatic rings. The lowest BCUT2D eigenvalue weighted by Gasteiger charge is -2.28. The highest BCUT2D eigenvalue weighted by Crippen LogP contribution is 2.28. The van der Waals surface area contributed by atoms with Crippen LogP contribution in [0.1, 0.15) is 24.8 Å². The number of benzene rings is 1. The minimum atomic E-state index is -0.916. The minimum absolute atomic E-state index is 0.0595. The summed E-state index contributed by atoms with van der Waals surface area (Å²) in [6.45, 7) is 0.513. The van der Waals surface area contributed by atoms with Gasteiger partial charge in [0.25, 0.3) is 0 Å². The molecule has 0 radical (unpaired) electrons. The Bertz CT molecular complexity index is 531. The number of nitrogens with zero attached hydrogens (tertiary/aromatic N) is 2. The Kier molecular flexibility index (Phi) is 4.77. The van der Waals surface area contributed by atoms with E-state index in [1.807, 2.05) is 0 Å². The summed E-state index contributed by atoms with van der Waals surface area (Å²) >= 11 is 0. The van der Waals surface area contributed by atoms with Crippen LogP contribution in [0.4, 0.5) is 9.18 Å². The number of aliphatic carboxylic acids is 1. The number of amides is 2. The van der Waals surface area contributed by atoms with Crippen molar-refractivity contribution in [2.75, 3.05) is 13.6 Å². The third-order valence-corrected chi connectivity index (χ3v) is 3.44. The van der Waals surface area contributed by atoms with Gasteiger partial charge in [-0.2, -0.15) is 0 Å². The summed E-state index contributed by atoms with van der Waals surface area (Å²) in [5.74, 6) is -1.25. The number of hydrogen-bond acceptors (Lipinski definition) is 2. The fraction of sp³-hybridized carbons (Fsp3) is 0.467. The van der Waals surface area contributed by atoms with E-state index in [-0.39, 0.29) is 30.9 Å². The molecule has 1 aromatic carbocycles. The first-order chi connectivity index (χ1) is 9.97. The van der Waals surface area contributed by atoms with Gasteiger partial charge in [-0.25, -0.2) is 9.18 Å². The van der Waals surface area contributed by atoms with E-state index in [0.717, 1.165) is 12.8 Å². The van der Waals surface area contributed by atoms with Gasteiger partial charge in [-0.15, -0.1) is 0 Å². The Hall–Kier alpha value is -2.11. The largest absolute Gasteiger partial charge is 0.481 e. The molecule has 0 heterocycles. The van der Waals surface area contributed by atoms with E-state index < -0.39 is 5.97 Å². The van der Waals surface area contributed by atoms with Gasteiger partial charge in [0.15, 0.2) is 0 Å². The van der Waals surface area contributed by atoms with Gasteiger partial charge >= 0.3 is 12.0 Å². The van der Waals surface area contributed by atoms with Gasteiger partial charge < -0.3 is 14.9 Å². The van der Waals surface area contributed by atoms with Gasteiger partial charge in [-0.3, -0.25) is 4.79 Å². The highest BCUT2D eigenvalue weighted by Gasteiger charge is 2.34. The number of halogens is 1. The molecule has 5 nitrogen and oxygen atoms in total. The molecule has 1 N–H and O–H groups in total. The molecule has 0 aromatic heterocycles. The zero-order chi connectivity index (χ0) is 15.4. The topological polar surface area (TPSA) is 60.9 Å². The molecular formula is C15H19FN2O3. The SMILES string of the molecule is CN(Cc1cccc(F)c1)C(=O)N(CCC(=O)O)C1CC1. The fourth-order valence-electron chi connectivity index (χ4n) is 2.23. The molecule has 0 unspecified atom stereocenters. The van der Waals surface area contributed by atoms with E-state index in [9.17, 15) is 14.0 Å². The van der Waals surface area contributed by atoms with Gasteiger partial charge in [0.1, 0.15) is 5.82 Å². The lowest BCUT2D eigenvalue weighted by Crippen LogP contribution is -2.43. The number of urea groups is 1. The first-order valence-corrected chi connectivity index (χ1v) is 6.95. The van der Waals surface area contributed by atoms with Gasteiger partial charge in [0, 0.05) is 26.2 Å². The number of carbonyl (C=O) groups excluding carboxylic acids is 1. The molecule has 0 atom stereocenters. The Morgan fingerprint density at radius 3 is 2.67 bits per heavy atom. The standard InChI is InChI=1S/C15H19FN2O3/c1-17(10-11-3-2-4-12(16)9-11)15(21)18(13-5-6-13)8-7-14(19)20/h2-4,9,13H,5-8,10H2,1H3,(H,19,20). The summed E-state index contributed by atoms with van der Waals surface area (Å²) in [5.41, 5.74) is 0.708. The van der Waals surface area contributed by atoms with Crippen LogP contribution in [0.2, 0.25) is 0 Å². The summed E-state index contributed by atoms with van der Waals surface area (Å²) in [6, 6.07) is 6.05. The van der Waals surface area contributed by atoms with E-state index in [4.69, 9.17) is 5.11 Å². The van der Waals surface area contributed by atoms with Gasteiger partial charge in [0.05, 0.1) is 6.42 Å². The van der Waals surface area contributed by atoms with Gasteiger partial charge in [-0.05, 0) is 30.5 Å². The normalized spacial score (nSPS) is 13.8. The molecule has 1 fully saturated rings. The summed E-state index contributed by atoms with van der Waals surface area (Å²) in [4.78, 5) is 26.2. The van der Waals surface area contributed by atoms with Crippen molar-refractivity contribution in [2.24, 2.45) is 0 Å². The zero-order valence-corrected chi connectivity index (χ0v) is 12.0. The summed E-state index contributed by atoms with van der Waals surface area (Å²) in [6.07, 6.45) is 1.77. The van der Waals surface area contributed by atoms with E-state index in [0.29, 0.717) is 12.1 Å². The molecule has 2 amide bonds. The highest BCUT2D eigenvalue weighted by molar-refractivity contribution is 5.76. The summed E-state index contributed by atoms with van der Waals surface area (Å²) in [5, 5.41) is 8.76. The average Bonchev–Trinajstić information content (AvgIpc) is 3.23.